The Morgan fingerprint density at radius 2 is 1.94 bits per heavy atom. The number of alkyl carbamates (subject to hydrolysis) is 1. The van der Waals surface area contributed by atoms with E-state index in [-0.39, 0.29) is 28.1 Å². The van der Waals surface area contributed by atoms with Crippen LogP contribution in [-0.2, 0) is 9.53 Å². The Morgan fingerprint density at radius 3 is 2.62 bits per heavy atom. The highest BCUT2D eigenvalue weighted by atomic mass is 35.5. The molecule has 3 rings (SSSR count). The first kappa shape index (κ1) is 22.8. The molecule has 2 aromatic carbocycles. The molecule has 162 valence electrons. The molecule has 32 heavy (non-hydrogen) atoms. The summed E-state index contributed by atoms with van der Waals surface area (Å²) in [6.45, 7) is 1.64. The molecule has 0 saturated heterocycles. The van der Waals surface area contributed by atoms with Crippen LogP contribution in [0, 0.1) is 11.3 Å². The number of pyridine rings is 1. The van der Waals surface area contributed by atoms with Crippen molar-refractivity contribution < 1.29 is 19.1 Å². The van der Waals surface area contributed by atoms with Crippen LogP contribution in [0.5, 0.6) is 11.5 Å². The molecule has 0 fully saturated rings. The quantitative estimate of drug-likeness (QED) is 0.386. The maximum Gasteiger partial charge on any atom is 0.414 e. The third-order valence-electron chi connectivity index (χ3n) is 3.90. The van der Waals surface area contributed by atoms with Crippen LogP contribution in [0.25, 0.3) is 10.9 Å². The Balaban J connectivity index is 1.76. The van der Waals surface area contributed by atoms with Gasteiger partial charge in [-0.25, -0.2) is 4.79 Å². The molecule has 1 heterocycles. The minimum atomic E-state index is -1.03. The number of halogens is 2. The average Bonchev–Trinajstić information content (AvgIpc) is 2.76. The summed E-state index contributed by atoms with van der Waals surface area (Å²) in [5.74, 6) is -0.302. The third-order valence-corrected chi connectivity index (χ3v) is 4.46. The van der Waals surface area contributed by atoms with Crippen molar-refractivity contribution in [2.24, 2.45) is 5.10 Å². The van der Waals surface area contributed by atoms with E-state index in [1.807, 2.05) is 23.5 Å². The van der Waals surface area contributed by atoms with Gasteiger partial charge in [-0.15, -0.1) is 0 Å². The van der Waals surface area contributed by atoms with Gasteiger partial charge in [0.05, 0.1) is 27.9 Å². The number of hydrogen-bond acceptors (Lipinski definition) is 8. The number of nitriles is 1. The van der Waals surface area contributed by atoms with Gasteiger partial charge in [-0.3, -0.25) is 20.5 Å². The van der Waals surface area contributed by atoms with Crippen molar-refractivity contribution >= 4 is 57.5 Å². The fraction of sp³-hybridized carbons (Fsp3) is 0.0952. The number of benzene rings is 2. The molecule has 9 nitrogen and oxygen atoms in total. The number of anilines is 1. The van der Waals surface area contributed by atoms with Crippen LogP contribution in [0.4, 0.5) is 10.5 Å². The molecule has 2 N–H and O–H groups in total. The summed E-state index contributed by atoms with van der Waals surface area (Å²) in [5.41, 5.74) is 3.00. The van der Waals surface area contributed by atoms with Gasteiger partial charge >= 0.3 is 6.09 Å². The number of ether oxygens (including phenoxy) is 2. The zero-order valence-corrected chi connectivity index (χ0v) is 18.1. The number of hydrazone groups is 1. The van der Waals surface area contributed by atoms with Crippen LogP contribution in [0.1, 0.15) is 6.92 Å². The number of nitrogens with one attached hydrogen (secondary N) is 2. The molecule has 0 radical (unpaired) electrons. The Bertz CT molecular complexity index is 1230. The lowest BCUT2D eigenvalue weighted by Gasteiger charge is -2.12. The Labute approximate surface area is 192 Å². The molecule has 0 atom stereocenters. The second-order valence-electron chi connectivity index (χ2n) is 6.09. The van der Waals surface area contributed by atoms with Gasteiger partial charge in [-0.05, 0) is 43.3 Å². The van der Waals surface area contributed by atoms with Crippen molar-refractivity contribution in [1.29, 1.82) is 5.26 Å². The highest BCUT2D eigenvalue weighted by Crippen LogP contribution is 2.39. The van der Waals surface area contributed by atoms with Gasteiger partial charge in [-0.2, -0.15) is 10.4 Å². The van der Waals surface area contributed by atoms with E-state index in [2.05, 4.69) is 20.2 Å². The Hall–Kier alpha value is -3.87. The summed E-state index contributed by atoms with van der Waals surface area (Å²) in [4.78, 5) is 27.4. The number of amides is 2. The van der Waals surface area contributed by atoms with Crippen LogP contribution in [-0.4, -0.2) is 29.3 Å². The second-order valence-corrected chi connectivity index (χ2v) is 6.90. The van der Waals surface area contributed by atoms with E-state index >= 15 is 0 Å². The number of rotatable bonds is 6. The lowest BCUT2D eigenvalue weighted by molar-refractivity contribution is -0.114. The van der Waals surface area contributed by atoms with Crippen molar-refractivity contribution in [2.45, 2.75) is 6.92 Å². The van der Waals surface area contributed by atoms with Crippen molar-refractivity contribution in [2.75, 3.05) is 12.0 Å². The van der Waals surface area contributed by atoms with E-state index in [9.17, 15) is 9.59 Å². The first-order valence-corrected chi connectivity index (χ1v) is 9.90. The predicted molar refractivity (Wildman–Crippen MR) is 120 cm³/mol. The van der Waals surface area contributed by atoms with Gasteiger partial charge in [0.2, 0.25) is 5.71 Å². The van der Waals surface area contributed by atoms with Gasteiger partial charge < -0.3 is 9.47 Å². The molecule has 0 unspecified atom stereocenters. The van der Waals surface area contributed by atoms with Crippen molar-refractivity contribution in [1.82, 2.24) is 10.3 Å². The smallest absolute Gasteiger partial charge is 0.414 e. The summed E-state index contributed by atoms with van der Waals surface area (Å²) >= 11 is 12.6. The predicted octanol–water partition coefficient (Wildman–Crippen LogP) is 4.90. The fourth-order valence-corrected chi connectivity index (χ4v) is 3.09. The molecule has 0 spiro atoms. The zero-order chi connectivity index (χ0) is 23.1. The zero-order valence-electron chi connectivity index (χ0n) is 16.6. The van der Waals surface area contributed by atoms with E-state index in [1.165, 1.54) is 12.1 Å². The van der Waals surface area contributed by atoms with Gasteiger partial charge in [0.15, 0.2) is 5.75 Å². The van der Waals surface area contributed by atoms with Crippen molar-refractivity contribution in [3.05, 3.63) is 58.7 Å². The number of carbonyl (C=O) groups is 2. The topological polar surface area (TPSA) is 126 Å². The molecular formula is C21H15Cl2N5O4. The van der Waals surface area contributed by atoms with Crippen LogP contribution in [0.15, 0.2) is 53.8 Å². The van der Waals surface area contributed by atoms with E-state index in [1.54, 1.807) is 31.3 Å². The molecule has 11 heteroatoms. The van der Waals surface area contributed by atoms with Crippen LogP contribution in [0.3, 0.4) is 0 Å². The second kappa shape index (κ2) is 10.4. The Morgan fingerprint density at radius 1 is 1.19 bits per heavy atom. The minimum absolute atomic E-state index is 0.0674. The molecule has 0 bridgehead atoms. The number of fused-ring (bicyclic) bond motifs is 1. The number of hydrogen-bond donors (Lipinski definition) is 2. The average molecular weight is 472 g/mol. The van der Waals surface area contributed by atoms with Crippen LogP contribution < -0.4 is 15.5 Å². The lowest BCUT2D eigenvalue weighted by Crippen LogP contribution is -2.36. The highest BCUT2D eigenvalue weighted by molar-refractivity contribution is 6.47. The maximum absolute atomic E-state index is 11.9. The summed E-state index contributed by atoms with van der Waals surface area (Å²) in [7, 11) is 0. The van der Waals surface area contributed by atoms with Crippen LogP contribution >= 0.6 is 23.2 Å². The van der Waals surface area contributed by atoms with E-state index < -0.39 is 17.7 Å². The fourth-order valence-electron chi connectivity index (χ4n) is 2.52. The first-order valence-electron chi connectivity index (χ1n) is 9.15. The maximum atomic E-state index is 11.9. The molecule has 3 aromatic rings. The van der Waals surface area contributed by atoms with Crippen molar-refractivity contribution in [3.8, 4) is 17.6 Å². The molecule has 0 aliphatic rings. The number of carbonyl (C=O) groups excluding carboxylic acids is 2. The summed E-state index contributed by atoms with van der Waals surface area (Å²) in [5, 5.41) is 15.9. The third kappa shape index (κ3) is 5.63. The SMILES string of the molecule is CCOC(=O)NC(=O)C(C#N)=NNc1cc(Cl)c(Oc2ccc3ncccc3c2)c(Cl)c1. The first-order chi connectivity index (χ1) is 15.4. The summed E-state index contributed by atoms with van der Waals surface area (Å²) < 4.78 is 10.4. The van der Waals surface area contributed by atoms with Crippen LogP contribution in [0.2, 0.25) is 10.0 Å². The monoisotopic (exact) mass is 471 g/mol. The molecule has 0 aliphatic carbocycles. The standard InChI is InChI=1S/C21H15Cl2N5O4/c1-2-31-21(30)26-20(29)18(11-24)28-27-13-9-15(22)19(16(23)10-13)32-14-5-6-17-12(8-14)4-3-7-25-17/h3-10,27H,2H2,1H3,(H,26,29,30). The normalized spacial score (nSPS) is 10.9. The minimum Gasteiger partial charge on any atom is -0.454 e. The molecule has 1 aromatic heterocycles. The number of aromatic nitrogens is 1. The van der Waals surface area contributed by atoms with Crippen molar-refractivity contribution in [3.63, 3.8) is 0 Å². The largest absolute Gasteiger partial charge is 0.454 e. The number of nitrogens with zero attached hydrogens (tertiary/aromatic N) is 3. The highest BCUT2D eigenvalue weighted by Gasteiger charge is 2.16. The molecule has 0 saturated carbocycles. The van der Waals surface area contributed by atoms with E-state index in [0.29, 0.717) is 5.75 Å². The van der Waals surface area contributed by atoms with Gasteiger partial charge in [0.25, 0.3) is 5.91 Å². The van der Waals surface area contributed by atoms with Gasteiger partial charge in [0.1, 0.15) is 11.8 Å². The van der Waals surface area contributed by atoms with Gasteiger partial charge in [0, 0.05) is 11.6 Å². The lowest BCUT2D eigenvalue weighted by atomic mass is 10.2. The van der Waals surface area contributed by atoms with E-state index in [0.717, 1.165) is 10.9 Å². The van der Waals surface area contributed by atoms with Gasteiger partial charge in [-0.1, -0.05) is 29.3 Å². The summed E-state index contributed by atoms with van der Waals surface area (Å²) in [6, 6.07) is 13.5. The molecule has 0 aliphatic heterocycles. The molecule has 2 amide bonds. The summed E-state index contributed by atoms with van der Waals surface area (Å²) in [6.07, 6.45) is 0.709. The molecular weight excluding hydrogens is 457 g/mol. The Kier molecular flexibility index (Phi) is 7.44. The number of imide groups is 1. The van der Waals surface area contributed by atoms with E-state index in [4.69, 9.17) is 33.2 Å².